The van der Waals surface area contributed by atoms with E-state index in [9.17, 15) is 32.7 Å². The number of carboxylic acid groups (broad SMARTS) is 1. The normalized spacial score (nSPS) is 15.2. The number of pyridine rings is 1. The molecule has 0 bridgehead atoms. The third-order valence-electron chi connectivity index (χ3n) is 7.08. The molecule has 240 valence electrons. The van der Waals surface area contributed by atoms with Gasteiger partial charge in [0.05, 0.1) is 24.5 Å². The van der Waals surface area contributed by atoms with Crippen molar-refractivity contribution in [3.05, 3.63) is 89.1 Å². The van der Waals surface area contributed by atoms with Crippen LogP contribution in [-0.4, -0.2) is 51.7 Å². The van der Waals surface area contributed by atoms with Crippen LogP contribution >= 0.6 is 0 Å². The third-order valence-corrected chi connectivity index (χ3v) is 7.08. The number of rotatable bonds is 10. The average molecular weight is 628 g/mol. The van der Waals surface area contributed by atoms with E-state index in [4.69, 9.17) is 9.47 Å². The van der Waals surface area contributed by atoms with Crippen molar-refractivity contribution < 1.29 is 42.1 Å². The van der Waals surface area contributed by atoms with Crippen molar-refractivity contribution in [2.24, 2.45) is 5.92 Å². The molecule has 1 aliphatic heterocycles. The van der Waals surface area contributed by atoms with Gasteiger partial charge < -0.3 is 19.5 Å². The van der Waals surface area contributed by atoms with E-state index in [0.717, 1.165) is 23.3 Å². The summed E-state index contributed by atoms with van der Waals surface area (Å²) in [4.78, 5) is 45.0. The molecule has 2 amide bonds. The van der Waals surface area contributed by atoms with Gasteiger partial charge >= 0.3 is 18.2 Å². The summed E-state index contributed by atoms with van der Waals surface area (Å²) in [7, 11) is 0. The fourth-order valence-corrected chi connectivity index (χ4v) is 5.00. The minimum atomic E-state index is -4.48. The molecule has 1 N–H and O–H groups in total. The second kappa shape index (κ2) is 14.0. The number of carbonyl (C=O) groups excluding carboxylic acids is 2. The first-order valence-electron chi connectivity index (χ1n) is 14.5. The number of fused-ring (bicyclic) bond motifs is 1. The van der Waals surface area contributed by atoms with Crippen molar-refractivity contribution in [2.45, 2.75) is 64.9 Å². The Balaban J connectivity index is 1.46. The zero-order valence-corrected chi connectivity index (χ0v) is 25.3. The van der Waals surface area contributed by atoms with Crippen molar-refractivity contribution in [3.63, 3.8) is 0 Å². The fourth-order valence-electron chi connectivity index (χ4n) is 5.00. The number of alkyl halides is 3. The summed E-state index contributed by atoms with van der Waals surface area (Å²) >= 11 is 0. The lowest BCUT2D eigenvalue weighted by molar-refractivity contribution is -0.144. The van der Waals surface area contributed by atoms with E-state index in [1.165, 1.54) is 21.9 Å². The van der Waals surface area contributed by atoms with Crippen LogP contribution in [-0.2, 0) is 40.0 Å². The number of hydrogen-bond donors (Lipinski definition) is 1. The monoisotopic (exact) mass is 627 g/mol. The Hall–Kier alpha value is -4.61. The molecule has 2 aromatic carbocycles. The zero-order chi connectivity index (χ0) is 32.8. The molecule has 4 rings (SSSR count). The Kier molecular flexibility index (Phi) is 10.4. The van der Waals surface area contributed by atoms with Gasteiger partial charge in [0.1, 0.15) is 17.2 Å². The Bertz CT molecular complexity index is 1490. The molecule has 45 heavy (non-hydrogen) atoms. The molecule has 0 saturated carbocycles. The van der Waals surface area contributed by atoms with Gasteiger partial charge in [-0.1, -0.05) is 24.3 Å². The molecule has 0 saturated heterocycles. The van der Waals surface area contributed by atoms with Crippen molar-refractivity contribution in [1.82, 2.24) is 9.88 Å². The molecule has 0 spiro atoms. The van der Waals surface area contributed by atoms with Crippen LogP contribution in [0.5, 0.6) is 5.75 Å². The van der Waals surface area contributed by atoms with E-state index in [2.05, 4.69) is 4.98 Å². The highest BCUT2D eigenvalue weighted by Crippen LogP contribution is 2.31. The molecule has 3 aromatic rings. The molecule has 0 fully saturated rings. The van der Waals surface area contributed by atoms with Crippen LogP contribution in [0.4, 0.5) is 23.8 Å². The molecule has 0 radical (unpaired) electrons. The number of nitrogens with zero attached hydrogens (tertiary/aromatic N) is 3. The number of carbonyl (C=O) groups is 3. The summed E-state index contributed by atoms with van der Waals surface area (Å²) in [6, 6.07) is 15.1. The third kappa shape index (κ3) is 9.44. The largest absolute Gasteiger partial charge is 0.494 e. The topological polar surface area (TPSA) is 109 Å². The number of ether oxygens (including phenoxy) is 2. The summed E-state index contributed by atoms with van der Waals surface area (Å²) < 4.78 is 50.6. The van der Waals surface area contributed by atoms with Gasteiger partial charge in [0, 0.05) is 25.8 Å². The number of aromatic nitrogens is 1. The zero-order valence-electron chi connectivity index (χ0n) is 25.3. The summed E-state index contributed by atoms with van der Waals surface area (Å²) in [5.41, 5.74) is 0.559. The van der Waals surface area contributed by atoms with E-state index in [-0.39, 0.29) is 45.0 Å². The molecular weight excluding hydrogens is 591 g/mol. The van der Waals surface area contributed by atoms with Gasteiger partial charge in [0.25, 0.3) is 0 Å². The van der Waals surface area contributed by atoms with E-state index >= 15 is 0 Å². The van der Waals surface area contributed by atoms with Gasteiger partial charge in [-0.3, -0.25) is 14.5 Å². The van der Waals surface area contributed by atoms with Crippen LogP contribution < -0.4 is 9.64 Å². The van der Waals surface area contributed by atoms with Gasteiger partial charge in [0.15, 0.2) is 0 Å². The number of amides is 2. The first kappa shape index (κ1) is 33.3. The molecule has 0 aliphatic carbocycles. The Morgan fingerprint density at radius 2 is 1.78 bits per heavy atom. The first-order chi connectivity index (χ1) is 21.2. The molecule has 1 atom stereocenters. The maximum absolute atomic E-state index is 13.4. The number of hydrogen-bond acceptors (Lipinski definition) is 6. The predicted molar refractivity (Wildman–Crippen MR) is 160 cm³/mol. The highest BCUT2D eigenvalue weighted by Gasteiger charge is 2.33. The van der Waals surface area contributed by atoms with Gasteiger partial charge in [-0.15, -0.1) is 0 Å². The van der Waals surface area contributed by atoms with Gasteiger partial charge in [-0.05, 0) is 86.7 Å². The molecule has 12 heteroatoms. The number of anilines is 1. The molecule has 0 unspecified atom stereocenters. The van der Waals surface area contributed by atoms with Crippen molar-refractivity contribution >= 4 is 23.8 Å². The fraction of sp³-hybridized carbons (Fsp3) is 0.394. The minimum absolute atomic E-state index is 0.0195. The molecule has 9 nitrogen and oxygen atoms in total. The lowest BCUT2D eigenvalue weighted by Crippen LogP contribution is -2.38. The molecular formula is C33H36F3N3O6. The highest BCUT2D eigenvalue weighted by atomic mass is 19.4. The Morgan fingerprint density at radius 1 is 1.04 bits per heavy atom. The van der Waals surface area contributed by atoms with Gasteiger partial charge in [0.2, 0.25) is 5.91 Å². The first-order valence-corrected chi connectivity index (χ1v) is 14.5. The van der Waals surface area contributed by atoms with Crippen molar-refractivity contribution in [2.75, 3.05) is 18.1 Å². The number of benzene rings is 2. The predicted octanol–water partition coefficient (Wildman–Crippen LogP) is 6.49. The van der Waals surface area contributed by atoms with E-state index in [1.54, 1.807) is 63.4 Å². The van der Waals surface area contributed by atoms with Crippen LogP contribution in [0.2, 0.25) is 0 Å². The van der Waals surface area contributed by atoms with Gasteiger partial charge in [-0.2, -0.15) is 13.2 Å². The second-order valence-corrected chi connectivity index (χ2v) is 11.8. The molecule has 1 aromatic heterocycles. The van der Waals surface area contributed by atoms with Crippen LogP contribution in [0.3, 0.4) is 0 Å². The van der Waals surface area contributed by atoms with E-state index in [0.29, 0.717) is 23.6 Å². The van der Waals surface area contributed by atoms with Crippen molar-refractivity contribution in [1.29, 1.82) is 0 Å². The Labute approximate surface area is 259 Å². The average Bonchev–Trinajstić information content (AvgIpc) is 3.07. The van der Waals surface area contributed by atoms with Crippen molar-refractivity contribution in [3.8, 4) is 5.75 Å². The lowest BCUT2D eigenvalue weighted by Gasteiger charge is -2.26. The summed E-state index contributed by atoms with van der Waals surface area (Å²) in [6.07, 6.45) is -3.13. The number of aliphatic carboxylic acids is 1. The maximum atomic E-state index is 13.4. The maximum Gasteiger partial charge on any atom is 0.416 e. The SMILES string of the molecule is CC(C)(C)OC(=O)N(CCCOc1ccc2c(c1)CN(Cc1ccc(C(F)(F)F)cc1)C(=O)[C@H](CC(=O)O)C2)c1ccccn1. The second-order valence-electron chi connectivity index (χ2n) is 11.8. The number of halogens is 3. The van der Waals surface area contributed by atoms with Crippen LogP contribution in [0.1, 0.15) is 55.9 Å². The van der Waals surface area contributed by atoms with Crippen LogP contribution in [0, 0.1) is 5.92 Å². The summed E-state index contributed by atoms with van der Waals surface area (Å²) in [5.74, 6) is -1.35. The van der Waals surface area contributed by atoms with E-state index in [1.807, 2.05) is 0 Å². The van der Waals surface area contributed by atoms with Crippen LogP contribution in [0.25, 0.3) is 0 Å². The quantitative estimate of drug-likeness (QED) is 0.256. The standard InChI is InChI=1S/C33H36F3N3O6/c1-32(2,3)45-31(43)39(28-7-4-5-14-37-28)15-6-16-44-27-13-10-23-17-24(19-29(40)41)30(42)38(21-25(23)18-27)20-22-8-11-26(12-9-22)33(34,35)36/h4-5,7-14,18,24H,6,15-17,19-21H2,1-3H3,(H,40,41)/t24-/m0/s1. The smallest absolute Gasteiger partial charge is 0.416 e. The summed E-state index contributed by atoms with van der Waals surface area (Å²) in [5, 5.41) is 9.44. The molecule has 2 heterocycles. The van der Waals surface area contributed by atoms with E-state index < -0.39 is 35.3 Å². The minimum Gasteiger partial charge on any atom is -0.494 e. The lowest BCUT2D eigenvalue weighted by atomic mass is 9.94. The Morgan fingerprint density at radius 3 is 2.40 bits per heavy atom. The highest BCUT2D eigenvalue weighted by molar-refractivity contribution is 5.86. The van der Waals surface area contributed by atoms with Gasteiger partial charge in [-0.25, -0.2) is 9.78 Å². The summed E-state index contributed by atoms with van der Waals surface area (Å²) in [6.45, 7) is 6.03. The molecule has 1 aliphatic rings. The number of carboxylic acids is 1. The van der Waals surface area contributed by atoms with Crippen LogP contribution in [0.15, 0.2) is 66.9 Å².